The Morgan fingerprint density at radius 1 is 1.23 bits per heavy atom. The fourth-order valence-electron chi connectivity index (χ4n) is 3.55. The van der Waals surface area contributed by atoms with Crippen molar-refractivity contribution in [2.24, 2.45) is 5.92 Å². The van der Waals surface area contributed by atoms with Crippen molar-refractivity contribution in [1.82, 2.24) is 19.9 Å². The molecule has 0 aliphatic heterocycles. The van der Waals surface area contributed by atoms with Gasteiger partial charge < -0.3 is 15.2 Å². The van der Waals surface area contributed by atoms with E-state index in [2.05, 4.69) is 19.9 Å². The number of aliphatic hydroxyl groups is 2. The molecule has 3 heterocycles. The third-order valence-electron chi connectivity index (χ3n) is 4.96. The lowest BCUT2D eigenvalue weighted by atomic mass is 9.82. The maximum atomic E-state index is 14.3. The molecule has 6 nitrogen and oxygen atoms in total. The quantitative estimate of drug-likeness (QED) is 0.653. The van der Waals surface area contributed by atoms with Gasteiger partial charge in [-0.3, -0.25) is 0 Å². The van der Waals surface area contributed by atoms with Crippen molar-refractivity contribution in [2.75, 3.05) is 0 Å². The summed E-state index contributed by atoms with van der Waals surface area (Å²) in [5.41, 5.74) is 1.56. The van der Waals surface area contributed by atoms with Crippen LogP contribution in [0.15, 0.2) is 24.7 Å². The number of rotatable bonds is 3. The summed E-state index contributed by atoms with van der Waals surface area (Å²) in [6.45, 7) is 0. The molecule has 1 fully saturated rings. The number of nitrogens with one attached hydrogen (secondary N) is 1. The Morgan fingerprint density at radius 3 is 2.92 bits per heavy atom. The van der Waals surface area contributed by atoms with Crippen LogP contribution in [0.5, 0.6) is 0 Å². The van der Waals surface area contributed by atoms with Gasteiger partial charge in [-0.05, 0) is 31.2 Å². The van der Waals surface area contributed by atoms with Crippen LogP contribution >= 0.6 is 11.6 Å². The van der Waals surface area contributed by atoms with Gasteiger partial charge in [0.1, 0.15) is 5.65 Å². The first-order valence-corrected chi connectivity index (χ1v) is 8.91. The molecule has 26 heavy (non-hydrogen) atoms. The topological polar surface area (TPSA) is 94.9 Å². The van der Waals surface area contributed by atoms with Crippen molar-refractivity contribution in [3.05, 3.63) is 41.2 Å². The third-order valence-corrected chi connectivity index (χ3v) is 5.17. The highest BCUT2D eigenvalue weighted by Gasteiger charge is 2.31. The molecule has 0 spiro atoms. The van der Waals surface area contributed by atoms with E-state index in [1.807, 2.05) is 0 Å². The number of pyridine rings is 1. The molecule has 1 aliphatic rings. The van der Waals surface area contributed by atoms with Crippen molar-refractivity contribution in [3.63, 3.8) is 0 Å². The smallest absolute Gasteiger partial charge is 0.163 e. The number of hydrogen-bond acceptors (Lipinski definition) is 5. The molecule has 3 aromatic rings. The van der Waals surface area contributed by atoms with Gasteiger partial charge in [-0.25, -0.2) is 19.3 Å². The fourth-order valence-corrected chi connectivity index (χ4v) is 3.71. The van der Waals surface area contributed by atoms with Crippen LogP contribution in [-0.4, -0.2) is 42.4 Å². The first-order chi connectivity index (χ1) is 12.5. The number of halogens is 2. The van der Waals surface area contributed by atoms with Crippen molar-refractivity contribution in [3.8, 4) is 11.4 Å². The molecule has 4 rings (SSSR count). The molecule has 0 radical (unpaired) electrons. The second-order valence-electron chi connectivity index (χ2n) is 6.69. The molecule has 1 saturated carbocycles. The van der Waals surface area contributed by atoms with E-state index >= 15 is 0 Å². The van der Waals surface area contributed by atoms with E-state index in [1.54, 1.807) is 12.3 Å². The SMILES string of the molecule is O[C@H]1[C@@H](Cc2nc(-c3c[nH]c4ncc(Cl)cc34)ncc2F)CCC[C@H]1O. The van der Waals surface area contributed by atoms with Gasteiger partial charge in [0, 0.05) is 23.3 Å². The van der Waals surface area contributed by atoms with E-state index in [1.165, 1.54) is 6.20 Å². The van der Waals surface area contributed by atoms with Crippen LogP contribution < -0.4 is 0 Å². The highest BCUT2D eigenvalue weighted by atomic mass is 35.5. The summed E-state index contributed by atoms with van der Waals surface area (Å²) >= 11 is 6.02. The average Bonchev–Trinajstić information content (AvgIpc) is 3.04. The fraction of sp³-hybridized carbons (Fsp3) is 0.389. The standard InChI is InChI=1S/C18H18ClFN4O2/c19-10-5-11-12(7-22-17(11)21-6-10)18-23-8-13(20)14(24-18)4-9-2-1-3-15(25)16(9)26/h5-9,15-16,25-26H,1-4H2,(H,21,22)/t9-,15-,16+/m1/s1. The molecular weight excluding hydrogens is 359 g/mol. The zero-order valence-electron chi connectivity index (χ0n) is 13.9. The van der Waals surface area contributed by atoms with Crippen LogP contribution in [0.3, 0.4) is 0 Å². The largest absolute Gasteiger partial charge is 0.390 e. The number of nitrogens with zero attached hydrogens (tertiary/aromatic N) is 3. The number of aromatic nitrogens is 4. The minimum atomic E-state index is -0.863. The molecule has 3 atom stereocenters. The summed E-state index contributed by atoms with van der Waals surface area (Å²) in [4.78, 5) is 15.7. The molecule has 0 amide bonds. The monoisotopic (exact) mass is 376 g/mol. The van der Waals surface area contributed by atoms with Gasteiger partial charge >= 0.3 is 0 Å². The van der Waals surface area contributed by atoms with E-state index in [4.69, 9.17) is 11.6 Å². The minimum Gasteiger partial charge on any atom is -0.390 e. The van der Waals surface area contributed by atoms with Gasteiger partial charge in [0.15, 0.2) is 11.6 Å². The second-order valence-corrected chi connectivity index (χ2v) is 7.13. The summed E-state index contributed by atoms with van der Waals surface area (Å²) in [6.07, 6.45) is 5.11. The van der Waals surface area contributed by atoms with Crippen LogP contribution in [0.25, 0.3) is 22.4 Å². The van der Waals surface area contributed by atoms with E-state index < -0.39 is 18.0 Å². The molecule has 1 aliphatic carbocycles. The Morgan fingerprint density at radius 2 is 2.08 bits per heavy atom. The molecular formula is C18H18ClFN4O2. The molecule has 0 aromatic carbocycles. The number of aliphatic hydroxyl groups excluding tert-OH is 2. The first kappa shape index (κ1) is 17.3. The summed E-state index contributed by atoms with van der Waals surface area (Å²) < 4.78 is 14.3. The van der Waals surface area contributed by atoms with Crippen molar-refractivity contribution >= 4 is 22.6 Å². The summed E-state index contributed by atoms with van der Waals surface area (Å²) in [5, 5.41) is 21.3. The highest BCUT2D eigenvalue weighted by Crippen LogP contribution is 2.30. The lowest BCUT2D eigenvalue weighted by molar-refractivity contribution is -0.0447. The van der Waals surface area contributed by atoms with Crippen LogP contribution in [0.2, 0.25) is 5.02 Å². The van der Waals surface area contributed by atoms with Crippen LogP contribution in [-0.2, 0) is 6.42 Å². The summed E-state index contributed by atoms with van der Waals surface area (Å²) in [5.74, 6) is -0.380. The van der Waals surface area contributed by atoms with E-state index in [-0.39, 0.29) is 18.0 Å². The number of hydrogen-bond donors (Lipinski definition) is 3. The summed E-state index contributed by atoms with van der Waals surface area (Å²) in [7, 11) is 0. The van der Waals surface area contributed by atoms with Gasteiger partial charge in [0.2, 0.25) is 0 Å². The van der Waals surface area contributed by atoms with E-state index in [0.717, 1.165) is 24.4 Å². The van der Waals surface area contributed by atoms with Crippen LogP contribution in [0.1, 0.15) is 25.0 Å². The maximum Gasteiger partial charge on any atom is 0.163 e. The Balaban J connectivity index is 1.68. The van der Waals surface area contributed by atoms with Gasteiger partial charge in [-0.1, -0.05) is 18.0 Å². The molecule has 0 bridgehead atoms. The first-order valence-electron chi connectivity index (χ1n) is 8.53. The van der Waals surface area contributed by atoms with Crippen molar-refractivity contribution in [2.45, 2.75) is 37.9 Å². The Bertz CT molecular complexity index is 948. The van der Waals surface area contributed by atoms with Gasteiger partial charge in [0.25, 0.3) is 0 Å². The number of fused-ring (bicyclic) bond motifs is 1. The normalized spacial score (nSPS) is 23.5. The number of aromatic amines is 1. The highest BCUT2D eigenvalue weighted by molar-refractivity contribution is 6.31. The lowest BCUT2D eigenvalue weighted by Gasteiger charge is -2.31. The Labute approximate surface area is 154 Å². The van der Waals surface area contributed by atoms with Gasteiger partial charge in [-0.15, -0.1) is 0 Å². The van der Waals surface area contributed by atoms with Crippen molar-refractivity contribution in [1.29, 1.82) is 0 Å². The molecule has 3 aromatic heterocycles. The lowest BCUT2D eigenvalue weighted by Crippen LogP contribution is -2.38. The average molecular weight is 377 g/mol. The van der Waals surface area contributed by atoms with Crippen molar-refractivity contribution < 1.29 is 14.6 Å². The van der Waals surface area contributed by atoms with Gasteiger partial charge in [-0.2, -0.15) is 0 Å². The van der Waals surface area contributed by atoms with E-state index in [9.17, 15) is 14.6 Å². The molecule has 3 N–H and O–H groups in total. The zero-order chi connectivity index (χ0) is 18.3. The minimum absolute atomic E-state index is 0.227. The zero-order valence-corrected chi connectivity index (χ0v) is 14.6. The number of H-pyrrole nitrogens is 1. The third kappa shape index (κ3) is 3.18. The second kappa shape index (κ2) is 6.90. The molecule has 0 unspecified atom stereocenters. The van der Waals surface area contributed by atoms with Gasteiger partial charge in [0.05, 0.1) is 29.1 Å². The molecule has 136 valence electrons. The van der Waals surface area contributed by atoms with E-state index in [0.29, 0.717) is 28.5 Å². The Kier molecular flexibility index (Phi) is 4.60. The molecule has 8 heteroatoms. The van der Waals surface area contributed by atoms with Crippen LogP contribution in [0.4, 0.5) is 4.39 Å². The Hall–Kier alpha value is -2.09. The molecule has 0 saturated heterocycles. The predicted octanol–water partition coefficient (Wildman–Crippen LogP) is 2.88. The summed E-state index contributed by atoms with van der Waals surface area (Å²) in [6, 6.07) is 1.75. The van der Waals surface area contributed by atoms with Crippen LogP contribution in [0, 0.1) is 11.7 Å². The predicted molar refractivity (Wildman–Crippen MR) is 95.1 cm³/mol. The maximum absolute atomic E-state index is 14.3.